The average Bonchev–Trinajstić information content (AvgIpc) is 3.02. The van der Waals surface area contributed by atoms with Crippen LogP contribution in [0.15, 0.2) is 59.9 Å². The number of hydrogen-bond acceptors (Lipinski definition) is 4. The second-order valence-electron chi connectivity index (χ2n) is 4.22. The van der Waals surface area contributed by atoms with E-state index in [4.69, 9.17) is 0 Å². The van der Waals surface area contributed by atoms with Gasteiger partial charge in [-0.15, -0.1) is 10.2 Å². The number of nitrogens with zero attached hydrogens (tertiary/aromatic N) is 4. The molecule has 3 rings (SSSR count). The molecule has 21 heavy (non-hydrogen) atoms. The number of anilines is 1. The Labute approximate surface area is 129 Å². The van der Waals surface area contributed by atoms with Crippen molar-refractivity contribution in [2.45, 2.75) is 0 Å². The number of halogens is 1. The number of amides is 1. The summed E-state index contributed by atoms with van der Waals surface area (Å²) in [5.41, 5.74) is 2.03. The smallest absolute Gasteiger partial charge is 0.258 e. The highest BCUT2D eigenvalue weighted by Gasteiger charge is 2.10. The molecule has 1 amide bonds. The van der Waals surface area contributed by atoms with Crippen molar-refractivity contribution in [1.82, 2.24) is 19.7 Å². The van der Waals surface area contributed by atoms with Crippen LogP contribution in [-0.2, 0) is 0 Å². The molecule has 0 aliphatic rings. The molecular weight excluding hydrogens is 334 g/mol. The molecule has 0 aliphatic heterocycles. The summed E-state index contributed by atoms with van der Waals surface area (Å²) in [5.74, 6) is -0.226. The van der Waals surface area contributed by atoms with E-state index >= 15 is 0 Å². The number of aromatic nitrogens is 4. The molecule has 0 saturated carbocycles. The molecule has 0 saturated heterocycles. The number of benzene rings is 1. The Hall–Kier alpha value is -2.54. The van der Waals surface area contributed by atoms with E-state index in [-0.39, 0.29) is 5.91 Å². The Morgan fingerprint density at radius 2 is 1.95 bits per heavy atom. The number of nitrogens with one attached hydrogen (secondary N) is 1. The monoisotopic (exact) mass is 343 g/mol. The summed E-state index contributed by atoms with van der Waals surface area (Å²) in [5, 5.41) is 10.4. The van der Waals surface area contributed by atoms with E-state index in [0.717, 1.165) is 5.69 Å². The van der Waals surface area contributed by atoms with E-state index in [1.54, 1.807) is 35.6 Å². The minimum atomic E-state index is -0.226. The van der Waals surface area contributed by atoms with Gasteiger partial charge in [0.1, 0.15) is 17.3 Å². The SMILES string of the molecule is O=C(Nc1cccc(-n2cnnc2)c1)c1cccnc1Br. The van der Waals surface area contributed by atoms with Gasteiger partial charge in [-0.1, -0.05) is 6.07 Å². The predicted molar refractivity (Wildman–Crippen MR) is 81.2 cm³/mol. The third-order valence-corrected chi connectivity index (χ3v) is 3.46. The lowest BCUT2D eigenvalue weighted by Crippen LogP contribution is -2.13. The summed E-state index contributed by atoms with van der Waals surface area (Å²) in [6, 6.07) is 10.8. The van der Waals surface area contributed by atoms with Crippen molar-refractivity contribution >= 4 is 27.5 Å². The van der Waals surface area contributed by atoms with Crippen LogP contribution < -0.4 is 5.32 Å². The molecule has 2 heterocycles. The molecule has 1 N–H and O–H groups in total. The van der Waals surface area contributed by atoms with Crippen LogP contribution in [0.2, 0.25) is 0 Å². The Morgan fingerprint density at radius 3 is 2.71 bits per heavy atom. The molecule has 0 aliphatic carbocycles. The Kier molecular flexibility index (Phi) is 3.74. The van der Waals surface area contributed by atoms with Crippen LogP contribution in [0.25, 0.3) is 5.69 Å². The first-order valence-corrected chi connectivity index (χ1v) is 6.90. The molecule has 0 fully saturated rings. The maximum absolute atomic E-state index is 12.2. The molecule has 6 nitrogen and oxygen atoms in total. The van der Waals surface area contributed by atoms with Crippen LogP contribution in [0, 0.1) is 0 Å². The van der Waals surface area contributed by atoms with Crippen LogP contribution in [0.4, 0.5) is 5.69 Å². The Bertz CT molecular complexity index is 773. The first-order chi connectivity index (χ1) is 10.2. The van der Waals surface area contributed by atoms with E-state index in [9.17, 15) is 4.79 Å². The van der Waals surface area contributed by atoms with Crippen LogP contribution in [0.3, 0.4) is 0 Å². The number of carbonyl (C=O) groups is 1. The second-order valence-corrected chi connectivity index (χ2v) is 4.97. The van der Waals surface area contributed by atoms with Crippen molar-refractivity contribution in [3.05, 3.63) is 65.4 Å². The van der Waals surface area contributed by atoms with Crippen LogP contribution in [0.5, 0.6) is 0 Å². The number of pyridine rings is 1. The number of carbonyl (C=O) groups excluding carboxylic acids is 1. The first-order valence-electron chi connectivity index (χ1n) is 6.11. The predicted octanol–water partition coefficient (Wildman–Crippen LogP) is 2.68. The summed E-state index contributed by atoms with van der Waals surface area (Å²) in [6.45, 7) is 0. The van der Waals surface area contributed by atoms with Crippen molar-refractivity contribution in [1.29, 1.82) is 0 Å². The summed E-state index contributed by atoms with van der Waals surface area (Å²) < 4.78 is 2.27. The van der Waals surface area contributed by atoms with Gasteiger partial charge < -0.3 is 5.32 Å². The minimum absolute atomic E-state index is 0.226. The Morgan fingerprint density at radius 1 is 1.14 bits per heavy atom. The van der Waals surface area contributed by atoms with Gasteiger partial charge in [-0.05, 0) is 46.3 Å². The van der Waals surface area contributed by atoms with Crippen molar-refractivity contribution in [2.75, 3.05) is 5.32 Å². The van der Waals surface area contributed by atoms with Crippen LogP contribution >= 0.6 is 15.9 Å². The van der Waals surface area contributed by atoms with Gasteiger partial charge >= 0.3 is 0 Å². The molecule has 0 atom stereocenters. The van der Waals surface area contributed by atoms with Gasteiger partial charge in [0.25, 0.3) is 5.91 Å². The molecule has 104 valence electrons. The standard InChI is InChI=1S/C14H10BrN5O/c15-13-12(5-2-6-16-13)14(21)19-10-3-1-4-11(7-10)20-8-17-18-9-20/h1-9H,(H,19,21). The molecule has 7 heteroatoms. The average molecular weight is 344 g/mol. The second kappa shape index (κ2) is 5.84. The van der Waals surface area contributed by atoms with E-state index in [0.29, 0.717) is 15.9 Å². The highest BCUT2D eigenvalue weighted by atomic mass is 79.9. The van der Waals surface area contributed by atoms with Crippen molar-refractivity contribution in [3.8, 4) is 5.69 Å². The molecule has 3 aromatic rings. The lowest BCUT2D eigenvalue weighted by Gasteiger charge is -2.08. The van der Waals surface area contributed by atoms with Gasteiger partial charge in [0.05, 0.1) is 11.3 Å². The summed E-state index contributed by atoms with van der Waals surface area (Å²) >= 11 is 3.26. The van der Waals surface area contributed by atoms with Gasteiger partial charge in [0.2, 0.25) is 0 Å². The van der Waals surface area contributed by atoms with E-state index < -0.39 is 0 Å². The molecule has 1 aromatic carbocycles. The van der Waals surface area contributed by atoms with Crippen LogP contribution in [-0.4, -0.2) is 25.7 Å². The normalized spacial score (nSPS) is 10.3. The van der Waals surface area contributed by atoms with Gasteiger partial charge in [0, 0.05) is 11.9 Å². The van der Waals surface area contributed by atoms with Crippen molar-refractivity contribution in [2.24, 2.45) is 0 Å². The fourth-order valence-corrected chi connectivity index (χ4v) is 2.26. The molecule has 0 radical (unpaired) electrons. The van der Waals surface area contributed by atoms with Crippen LogP contribution in [0.1, 0.15) is 10.4 Å². The zero-order valence-electron chi connectivity index (χ0n) is 10.8. The minimum Gasteiger partial charge on any atom is -0.322 e. The zero-order valence-corrected chi connectivity index (χ0v) is 12.4. The van der Waals surface area contributed by atoms with Gasteiger partial charge in [-0.2, -0.15) is 0 Å². The largest absolute Gasteiger partial charge is 0.322 e. The molecular formula is C14H10BrN5O. The van der Waals surface area contributed by atoms with Gasteiger partial charge in [0.15, 0.2) is 0 Å². The summed E-state index contributed by atoms with van der Waals surface area (Å²) in [7, 11) is 0. The van der Waals surface area contributed by atoms with E-state index in [1.807, 2.05) is 24.3 Å². The van der Waals surface area contributed by atoms with E-state index in [1.165, 1.54) is 0 Å². The highest BCUT2D eigenvalue weighted by molar-refractivity contribution is 9.10. The quantitative estimate of drug-likeness (QED) is 0.742. The number of hydrogen-bond donors (Lipinski definition) is 1. The molecule has 0 spiro atoms. The zero-order chi connectivity index (χ0) is 14.7. The van der Waals surface area contributed by atoms with Gasteiger partial charge in [-0.25, -0.2) is 4.98 Å². The topological polar surface area (TPSA) is 72.7 Å². The summed E-state index contributed by atoms with van der Waals surface area (Å²) in [6.07, 6.45) is 4.81. The highest BCUT2D eigenvalue weighted by Crippen LogP contribution is 2.17. The molecule has 0 unspecified atom stereocenters. The fraction of sp³-hybridized carbons (Fsp3) is 0. The summed E-state index contributed by atoms with van der Waals surface area (Å²) in [4.78, 5) is 16.3. The first kappa shape index (κ1) is 13.4. The van der Waals surface area contributed by atoms with Crippen molar-refractivity contribution in [3.63, 3.8) is 0 Å². The number of rotatable bonds is 3. The maximum Gasteiger partial charge on any atom is 0.258 e. The van der Waals surface area contributed by atoms with E-state index in [2.05, 4.69) is 36.4 Å². The fourth-order valence-electron chi connectivity index (χ4n) is 1.83. The lowest BCUT2D eigenvalue weighted by molar-refractivity contribution is 0.102. The molecule has 2 aromatic heterocycles. The third-order valence-electron chi connectivity index (χ3n) is 2.82. The van der Waals surface area contributed by atoms with Gasteiger partial charge in [-0.3, -0.25) is 9.36 Å². The van der Waals surface area contributed by atoms with Crippen molar-refractivity contribution < 1.29 is 4.79 Å². The Balaban J connectivity index is 1.84. The maximum atomic E-state index is 12.2. The molecule has 0 bridgehead atoms. The lowest BCUT2D eigenvalue weighted by atomic mass is 10.2. The third kappa shape index (κ3) is 2.97.